The smallest absolute Gasteiger partial charge is 0.305 e. The number of rotatable bonds is 15. The number of hydrogen-bond acceptors (Lipinski definition) is 6. The van der Waals surface area contributed by atoms with E-state index in [9.17, 15) is 4.79 Å². The molecule has 0 spiro atoms. The monoisotopic (exact) mass is 524 g/mol. The Morgan fingerprint density at radius 2 is 1.61 bits per heavy atom. The van der Waals surface area contributed by atoms with Crippen LogP contribution in [0.4, 0.5) is 5.69 Å². The van der Waals surface area contributed by atoms with E-state index in [1.165, 1.54) is 74.6 Å². The molecule has 0 aromatic heterocycles. The van der Waals surface area contributed by atoms with Gasteiger partial charge in [-0.05, 0) is 50.3 Å². The number of para-hydroxylation sites is 1. The minimum Gasteiger partial charge on any atom is -0.464 e. The van der Waals surface area contributed by atoms with E-state index in [0.717, 1.165) is 70.8 Å². The summed E-state index contributed by atoms with van der Waals surface area (Å²) in [4.78, 5) is 19.7. The topological polar surface area (TPSA) is 62.0 Å². The van der Waals surface area contributed by atoms with Crippen LogP contribution in [0.2, 0.25) is 0 Å². The van der Waals surface area contributed by atoms with Crippen molar-refractivity contribution in [3.8, 4) is 0 Å². The molecular weight excluding hydrogens is 472 g/mol. The van der Waals surface area contributed by atoms with Crippen molar-refractivity contribution in [3.63, 3.8) is 0 Å². The fraction of sp³-hybridized carbons (Fsp3) is 0.719. The lowest BCUT2D eigenvalue weighted by molar-refractivity contribution is -0.144. The normalized spacial score (nSPS) is 20.3. The summed E-state index contributed by atoms with van der Waals surface area (Å²) in [7, 11) is 0. The van der Waals surface area contributed by atoms with Crippen molar-refractivity contribution in [3.05, 3.63) is 35.4 Å². The molecule has 2 N–H and O–H groups in total. The third-order valence-corrected chi connectivity index (χ3v) is 8.80. The van der Waals surface area contributed by atoms with E-state index in [0.29, 0.717) is 19.1 Å². The Kier molecular flexibility index (Phi) is 11.8. The first-order valence-corrected chi connectivity index (χ1v) is 15.6. The van der Waals surface area contributed by atoms with E-state index in [1.807, 2.05) is 0 Å². The summed E-state index contributed by atoms with van der Waals surface area (Å²) < 4.78 is 5.52. The first kappa shape index (κ1) is 28.9. The predicted molar refractivity (Wildman–Crippen MR) is 158 cm³/mol. The molecule has 2 aliphatic heterocycles. The lowest BCUT2D eigenvalue weighted by Crippen LogP contribution is -2.48. The summed E-state index contributed by atoms with van der Waals surface area (Å²) in [6.45, 7) is 10.2. The van der Waals surface area contributed by atoms with Crippen LogP contribution in [0.25, 0.3) is 5.70 Å². The van der Waals surface area contributed by atoms with E-state index in [-0.39, 0.29) is 5.97 Å². The Morgan fingerprint density at radius 1 is 0.895 bits per heavy atom. The Hall–Kier alpha value is -2.05. The highest BCUT2D eigenvalue weighted by Crippen LogP contribution is 2.41. The minimum absolute atomic E-state index is 0.0193. The number of nitrogens with two attached hydrogens (primary N) is 1. The maximum atomic E-state index is 12.0. The third kappa shape index (κ3) is 8.22. The van der Waals surface area contributed by atoms with Gasteiger partial charge in [0.1, 0.15) is 6.61 Å². The van der Waals surface area contributed by atoms with E-state index >= 15 is 0 Å². The van der Waals surface area contributed by atoms with Gasteiger partial charge in [-0.15, -0.1) is 0 Å². The summed E-state index contributed by atoms with van der Waals surface area (Å²) in [6.07, 6.45) is 15.3. The Balaban J connectivity index is 1.09. The summed E-state index contributed by atoms with van der Waals surface area (Å²) in [6, 6.07) is 9.21. The number of hydrogen-bond donors (Lipinski definition) is 1. The van der Waals surface area contributed by atoms with Crippen LogP contribution in [0, 0.1) is 0 Å². The summed E-state index contributed by atoms with van der Waals surface area (Å²) in [5.41, 5.74) is 11.7. The maximum absolute atomic E-state index is 12.0. The van der Waals surface area contributed by atoms with Gasteiger partial charge in [0.25, 0.3) is 0 Å². The number of ether oxygens (including phenoxy) is 1. The van der Waals surface area contributed by atoms with Gasteiger partial charge in [-0.2, -0.15) is 0 Å². The third-order valence-electron chi connectivity index (χ3n) is 8.80. The first-order valence-electron chi connectivity index (χ1n) is 15.6. The van der Waals surface area contributed by atoms with Gasteiger partial charge in [0, 0.05) is 62.6 Å². The average Bonchev–Trinajstić information content (AvgIpc) is 2.95. The van der Waals surface area contributed by atoms with Crippen LogP contribution in [0.5, 0.6) is 0 Å². The van der Waals surface area contributed by atoms with Gasteiger partial charge >= 0.3 is 5.97 Å². The quantitative estimate of drug-likeness (QED) is 0.231. The van der Waals surface area contributed by atoms with Crippen LogP contribution < -0.4 is 10.6 Å². The Bertz CT molecular complexity index is 893. The van der Waals surface area contributed by atoms with Gasteiger partial charge in [-0.25, -0.2) is 0 Å². The van der Waals surface area contributed by atoms with E-state index < -0.39 is 0 Å². The van der Waals surface area contributed by atoms with Crippen LogP contribution in [0.15, 0.2) is 29.8 Å². The van der Waals surface area contributed by atoms with Crippen molar-refractivity contribution in [2.75, 3.05) is 57.3 Å². The second-order valence-corrected chi connectivity index (χ2v) is 11.5. The van der Waals surface area contributed by atoms with Crippen LogP contribution >= 0.6 is 0 Å². The fourth-order valence-corrected chi connectivity index (χ4v) is 6.51. The molecule has 1 saturated carbocycles. The van der Waals surface area contributed by atoms with Crippen molar-refractivity contribution >= 4 is 17.4 Å². The molecule has 1 aromatic carbocycles. The van der Waals surface area contributed by atoms with Gasteiger partial charge in [-0.3, -0.25) is 9.69 Å². The molecule has 38 heavy (non-hydrogen) atoms. The molecule has 1 aromatic rings. The molecule has 0 bridgehead atoms. The molecule has 1 unspecified atom stereocenters. The van der Waals surface area contributed by atoms with Crippen molar-refractivity contribution in [1.82, 2.24) is 9.80 Å². The van der Waals surface area contributed by atoms with E-state index in [4.69, 9.17) is 10.5 Å². The second-order valence-electron chi connectivity index (χ2n) is 11.5. The number of benzene rings is 1. The zero-order valence-electron chi connectivity index (χ0n) is 24.0. The number of piperazine rings is 1. The Labute approximate surface area is 231 Å². The predicted octanol–water partition coefficient (Wildman–Crippen LogP) is 5.81. The second kappa shape index (κ2) is 15.5. The standard InChI is InChI=1S/C32H52N4O2/c1-2-3-4-5-6-7-8-18-31(37)38-26-25-35-23-21-34(22-24-35)19-13-20-36-29-16-11-9-14-27(29)32(33)28-15-10-12-17-30(28)36/h9,11,14,16,30H,2-8,10,12-13,15,17-26,33H2,1H3. The number of esters is 1. The molecule has 6 heteroatoms. The number of carbonyl (C=O) groups is 1. The summed E-state index contributed by atoms with van der Waals surface area (Å²) in [5.74, 6) is -0.0193. The van der Waals surface area contributed by atoms with Crippen LogP contribution in [-0.4, -0.2) is 74.2 Å². The molecule has 6 nitrogen and oxygen atoms in total. The lowest BCUT2D eigenvalue weighted by atomic mass is 9.82. The maximum Gasteiger partial charge on any atom is 0.305 e. The van der Waals surface area contributed by atoms with Crippen LogP contribution in [0.3, 0.4) is 0 Å². The molecule has 212 valence electrons. The van der Waals surface area contributed by atoms with E-state index in [2.05, 4.69) is 45.9 Å². The van der Waals surface area contributed by atoms with Gasteiger partial charge in [0.15, 0.2) is 0 Å². The minimum atomic E-state index is -0.0193. The SMILES string of the molecule is CCCCCCCCCC(=O)OCCN1CCN(CCCN2c3ccccc3C(N)=C3CCCCC32)CC1. The Morgan fingerprint density at radius 3 is 2.39 bits per heavy atom. The van der Waals surface area contributed by atoms with Crippen LogP contribution in [-0.2, 0) is 9.53 Å². The highest BCUT2D eigenvalue weighted by Gasteiger charge is 2.33. The number of unbranched alkanes of at least 4 members (excludes halogenated alkanes) is 6. The molecule has 2 fully saturated rings. The molecule has 1 saturated heterocycles. The molecule has 2 heterocycles. The molecule has 1 atom stereocenters. The molecule has 3 aliphatic rings. The van der Waals surface area contributed by atoms with Crippen LogP contribution in [0.1, 0.15) is 96.0 Å². The summed E-state index contributed by atoms with van der Waals surface area (Å²) in [5, 5.41) is 0. The lowest BCUT2D eigenvalue weighted by Gasteiger charge is -2.43. The zero-order chi connectivity index (χ0) is 26.6. The molecule has 0 amide bonds. The number of anilines is 1. The molecule has 4 rings (SSSR count). The van der Waals surface area contributed by atoms with Gasteiger partial charge in [-0.1, -0.05) is 70.1 Å². The average molecular weight is 525 g/mol. The van der Waals surface area contributed by atoms with E-state index in [1.54, 1.807) is 0 Å². The van der Waals surface area contributed by atoms with Gasteiger partial charge in [0.05, 0.1) is 6.04 Å². The molecule has 0 radical (unpaired) electrons. The van der Waals surface area contributed by atoms with Crippen molar-refractivity contribution < 1.29 is 9.53 Å². The highest BCUT2D eigenvalue weighted by atomic mass is 16.5. The molecular formula is C32H52N4O2. The molecule has 1 aliphatic carbocycles. The first-order chi connectivity index (χ1) is 18.7. The zero-order valence-corrected chi connectivity index (χ0v) is 24.0. The largest absolute Gasteiger partial charge is 0.464 e. The summed E-state index contributed by atoms with van der Waals surface area (Å²) >= 11 is 0. The number of fused-ring (bicyclic) bond motifs is 2. The number of carbonyl (C=O) groups excluding carboxylic acids is 1. The van der Waals surface area contributed by atoms with Gasteiger partial charge < -0.3 is 20.3 Å². The fourth-order valence-electron chi connectivity index (χ4n) is 6.51. The highest BCUT2D eigenvalue weighted by molar-refractivity contribution is 5.82. The number of nitrogens with zero attached hydrogens (tertiary/aromatic N) is 3. The van der Waals surface area contributed by atoms with Crippen molar-refractivity contribution in [1.29, 1.82) is 0 Å². The van der Waals surface area contributed by atoms with Crippen molar-refractivity contribution in [2.45, 2.75) is 96.4 Å². The van der Waals surface area contributed by atoms with Crippen molar-refractivity contribution in [2.24, 2.45) is 5.73 Å². The van der Waals surface area contributed by atoms with Gasteiger partial charge in [0.2, 0.25) is 0 Å².